The van der Waals surface area contributed by atoms with Crippen LogP contribution in [0, 0.1) is 0 Å². The van der Waals surface area contributed by atoms with Crippen molar-refractivity contribution in [3.63, 3.8) is 0 Å². The minimum Gasteiger partial charge on any atom is -0.457 e. The van der Waals surface area contributed by atoms with Crippen molar-refractivity contribution in [2.75, 3.05) is 12.4 Å². The molecular formula is C20H21F3O7S. The quantitative estimate of drug-likeness (QED) is 0.672. The summed E-state index contributed by atoms with van der Waals surface area (Å²) in [6, 6.07) is 10.2. The molecule has 0 saturated carbocycles. The van der Waals surface area contributed by atoms with Gasteiger partial charge in [-0.2, -0.15) is 0 Å². The molecule has 0 unspecified atom stereocenters. The summed E-state index contributed by atoms with van der Waals surface area (Å²) in [4.78, 5) is -0.0222. The highest BCUT2D eigenvalue weighted by Crippen LogP contribution is 2.29. The maximum atomic E-state index is 12.6. The lowest BCUT2D eigenvalue weighted by Gasteiger charge is -2.20. The van der Waals surface area contributed by atoms with E-state index in [1.165, 1.54) is 36.4 Å². The summed E-state index contributed by atoms with van der Waals surface area (Å²) in [6.07, 6.45) is -6.80. The first-order chi connectivity index (χ1) is 14.3. The Kier molecular flexibility index (Phi) is 6.51. The SMILES string of the molecule is CC1(C)OC[C@@H]([C@@H](O)CS(=O)(=O)c2ccc(Oc3ccc(OC(F)(F)F)cc3)cc2)O1. The Morgan fingerprint density at radius 3 is 2.06 bits per heavy atom. The summed E-state index contributed by atoms with van der Waals surface area (Å²) in [5, 5.41) is 10.2. The monoisotopic (exact) mass is 462 g/mol. The van der Waals surface area contributed by atoms with Crippen LogP contribution in [-0.4, -0.2) is 50.2 Å². The molecule has 0 aliphatic carbocycles. The van der Waals surface area contributed by atoms with E-state index in [0.29, 0.717) is 0 Å². The van der Waals surface area contributed by atoms with E-state index in [1.54, 1.807) is 13.8 Å². The normalized spacial score (nSPS) is 19.7. The number of benzene rings is 2. The molecule has 1 fully saturated rings. The molecule has 0 bridgehead atoms. The number of aliphatic hydroxyl groups is 1. The highest BCUT2D eigenvalue weighted by atomic mass is 32.2. The Morgan fingerprint density at radius 2 is 1.58 bits per heavy atom. The number of sulfone groups is 1. The van der Waals surface area contributed by atoms with Crippen molar-refractivity contribution < 1.29 is 45.6 Å². The van der Waals surface area contributed by atoms with Crippen molar-refractivity contribution in [3.8, 4) is 17.2 Å². The zero-order chi connectivity index (χ0) is 22.9. The summed E-state index contributed by atoms with van der Waals surface area (Å²) >= 11 is 0. The van der Waals surface area contributed by atoms with Gasteiger partial charge in [-0.15, -0.1) is 13.2 Å². The van der Waals surface area contributed by atoms with E-state index in [-0.39, 0.29) is 28.8 Å². The molecule has 2 aromatic rings. The molecule has 0 spiro atoms. The van der Waals surface area contributed by atoms with Gasteiger partial charge < -0.3 is 24.1 Å². The maximum absolute atomic E-state index is 12.6. The fraction of sp³-hybridized carbons (Fsp3) is 0.400. The molecule has 7 nitrogen and oxygen atoms in total. The molecule has 11 heteroatoms. The number of alkyl halides is 3. The summed E-state index contributed by atoms with van der Waals surface area (Å²) in [6.45, 7) is 3.43. The number of ether oxygens (including phenoxy) is 4. The lowest BCUT2D eigenvalue weighted by atomic mass is 10.2. The van der Waals surface area contributed by atoms with E-state index in [9.17, 15) is 26.7 Å². The molecule has 31 heavy (non-hydrogen) atoms. The third-order valence-corrected chi connectivity index (χ3v) is 6.10. The van der Waals surface area contributed by atoms with Crippen LogP contribution < -0.4 is 9.47 Å². The average Bonchev–Trinajstić information content (AvgIpc) is 3.02. The fourth-order valence-corrected chi connectivity index (χ4v) is 4.30. The molecular weight excluding hydrogens is 441 g/mol. The first kappa shape index (κ1) is 23.3. The second kappa shape index (κ2) is 8.65. The minimum absolute atomic E-state index is 0.0222. The first-order valence-electron chi connectivity index (χ1n) is 9.19. The van der Waals surface area contributed by atoms with Crippen LogP contribution in [0.5, 0.6) is 17.2 Å². The van der Waals surface area contributed by atoms with Crippen LogP contribution in [0.4, 0.5) is 13.2 Å². The first-order valence-corrected chi connectivity index (χ1v) is 10.8. The Balaban J connectivity index is 1.61. The molecule has 0 amide bonds. The third kappa shape index (κ3) is 6.57. The Bertz CT molecular complexity index is 987. The van der Waals surface area contributed by atoms with E-state index >= 15 is 0 Å². The summed E-state index contributed by atoms with van der Waals surface area (Å²) < 4.78 is 81.8. The Morgan fingerprint density at radius 1 is 1.06 bits per heavy atom. The second-order valence-electron chi connectivity index (χ2n) is 7.31. The van der Waals surface area contributed by atoms with Crippen molar-refractivity contribution >= 4 is 9.84 Å². The van der Waals surface area contributed by atoms with E-state index in [1.807, 2.05) is 0 Å². The number of halogens is 3. The summed E-state index contributed by atoms with van der Waals surface area (Å²) in [7, 11) is -3.81. The molecule has 1 aliphatic heterocycles. The largest absolute Gasteiger partial charge is 0.573 e. The molecule has 2 atom stereocenters. The van der Waals surface area contributed by atoms with Crippen LogP contribution >= 0.6 is 0 Å². The van der Waals surface area contributed by atoms with Crippen LogP contribution in [0.25, 0.3) is 0 Å². The highest BCUT2D eigenvalue weighted by molar-refractivity contribution is 7.91. The van der Waals surface area contributed by atoms with Crippen molar-refractivity contribution in [2.45, 2.75) is 43.1 Å². The van der Waals surface area contributed by atoms with Crippen molar-refractivity contribution in [1.29, 1.82) is 0 Å². The van der Waals surface area contributed by atoms with E-state index in [2.05, 4.69) is 4.74 Å². The smallest absolute Gasteiger partial charge is 0.457 e. The number of rotatable bonds is 7. The standard InChI is InChI=1S/C20H21F3O7S/c1-19(2)27-11-18(30-19)17(24)12-31(25,26)16-9-7-14(8-10-16)28-13-3-5-15(6-4-13)29-20(21,22)23/h3-10,17-18,24H,11-12H2,1-2H3/t17-,18-/m0/s1. The predicted octanol–water partition coefficient (Wildman–Crippen LogP) is 3.66. The molecule has 0 radical (unpaired) electrons. The fourth-order valence-electron chi connectivity index (χ4n) is 2.89. The van der Waals surface area contributed by atoms with Crippen molar-refractivity contribution in [1.82, 2.24) is 0 Å². The maximum Gasteiger partial charge on any atom is 0.573 e. The number of hydrogen-bond donors (Lipinski definition) is 1. The van der Waals surface area contributed by atoms with Gasteiger partial charge >= 0.3 is 6.36 Å². The lowest BCUT2D eigenvalue weighted by Crippen LogP contribution is -2.36. The Labute approximate surface area is 177 Å². The van der Waals surface area contributed by atoms with Crippen LogP contribution in [0.1, 0.15) is 13.8 Å². The van der Waals surface area contributed by atoms with Gasteiger partial charge in [-0.1, -0.05) is 0 Å². The van der Waals surface area contributed by atoms with Gasteiger partial charge in [-0.3, -0.25) is 0 Å². The van der Waals surface area contributed by atoms with E-state index in [0.717, 1.165) is 12.1 Å². The van der Waals surface area contributed by atoms with Gasteiger partial charge in [-0.25, -0.2) is 8.42 Å². The van der Waals surface area contributed by atoms with Gasteiger partial charge in [0.05, 0.1) is 23.4 Å². The van der Waals surface area contributed by atoms with Crippen LogP contribution in [-0.2, 0) is 19.3 Å². The molecule has 2 aromatic carbocycles. The molecule has 1 saturated heterocycles. The zero-order valence-corrected chi connectivity index (χ0v) is 17.4. The van der Waals surface area contributed by atoms with Gasteiger partial charge in [0, 0.05) is 0 Å². The van der Waals surface area contributed by atoms with E-state index in [4.69, 9.17) is 14.2 Å². The second-order valence-corrected chi connectivity index (χ2v) is 9.34. The zero-order valence-electron chi connectivity index (χ0n) is 16.6. The third-order valence-electron chi connectivity index (χ3n) is 4.33. The van der Waals surface area contributed by atoms with E-state index < -0.39 is 39.9 Å². The van der Waals surface area contributed by atoms with Gasteiger partial charge in [-0.05, 0) is 62.4 Å². The van der Waals surface area contributed by atoms with Crippen molar-refractivity contribution in [3.05, 3.63) is 48.5 Å². The topological polar surface area (TPSA) is 91.3 Å². The van der Waals surface area contributed by atoms with Crippen LogP contribution in [0.3, 0.4) is 0 Å². The van der Waals surface area contributed by atoms with Crippen LogP contribution in [0.15, 0.2) is 53.4 Å². The molecule has 1 heterocycles. The number of aliphatic hydroxyl groups excluding tert-OH is 1. The predicted molar refractivity (Wildman–Crippen MR) is 103 cm³/mol. The van der Waals surface area contributed by atoms with Gasteiger partial charge in [0.25, 0.3) is 0 Å². The van der Waals surface area contributed by atoms with Gasteiger partial charge in [0.15, 0.2) is 15.6 Å². The summed E-state index contributed by atoms with van der Waals surface area (Å²) in [5.74, 6) is -1.30. The van der Waals surface area contributed by atoms with Gasteiger partial charge in [0.1, 0.15) is 23.4 Å². The molecule has 0 aromatic heterocycles. The van der Waals surface area contributed by atoms with Crippen molar-refractivity contribution in [2.24, 2.45) is 0 Å². The highest BCUT2D eigenvalue weighted by Gasteiger charge is 2.38. The van der Waals surface area contributed by atoms with Gasteiger partial charge in [0.2, 0.25) is 0 Å². The molecule has 1 N–H and O–H groups in total. The van der Waals surface area contributed by atoms with Crippen LogP contribution in [0.2, 0.25) is 0 Å². The Hall–Kier alpha value is -2.34. The summed E-state index contributed by atoms with van der Waals surface area (Å²) in [5.41, 5.74) is 0. The lowest BCUT2D eigenvalue weighted by molar-refractivity contribution is -0.274. The molecule has 170 valence electrons. The molecule has 3 rings (SSSR count). The minimum atomic E-state index is -4.79. The number of hydrogen-bond acceptors (Lipinski definition) is 7. The average molecular weight is 462 g/mol. The molecule has 1 aliphatic rings.